The minimum atomic E-state index is -0.566. The van der Waals surface area contributed by atoms with Crippen molar-refractivity contribution in [3.63, 3.8) is 0 Å². The van der Waals surface area contributed by atoms with Gasteiger partial charge in [0.1, 0.15) is 16.7 Å². The molecular weight excluding hydrogens is 257 g/mol. The van der Waals surface area contributed by atoms with Crippen LogP contribution in [0.5, 0.6) is 0 Å². The molecule has 2 heterocycles. The highest BCUT2D eigenvalue weighted by atomic mass is 32.2. The molecule has 5 N–H and O–H groups in total. The molecule has 7 nitrogen and oxygen atoms in total. The van der Waals surface area contributed by atoms with Gasteiger partial charge >= 0.3 is 0 Å². The van der Waals surface area contributed by atoms with Crippen LogP contribution in [0.3, 0.4) is 0 Å². The lowest BCUT2D eigenvalue weighted by molar-refractivity contribution is 0.580. The van der Waals surface area contributed by atoms with E-state index in [1.54, 1.807) is 7.05 Å². The van der Waals surface area contributed by atoms with Gasteiger partial charge in [0.2, 0.25) is 5.95 Å². The molecule has 0 spiro atoms. The van der Waals surface area contributed by atoms with Gasteiger partial charge in [0, 0.05) is 13.1 Å². The van der Waals surface area contributed by atoms with Crippen LogP contribution in [-0.2, 0) is 0 Å². The summed E-state index contributed by atoms with van der Waals surface area (Å²) >= 11 is 0.924. The molecule has 0 fully saturated rings. The maximum absolute atomic E-state index is 13.5. The Labute approximate surface area is 106 Å². The Balaban J connectivity index is 2.33. The quantitative estimate of drug-likeness (QED) is 0.551. The van der Waals surface area contributed by atoms with E-state index in [2.05, 4.69) is 25.3 Å². The topological polar surface area (TPSA) is 116 Å². The van der Waals surface area contributed by atoms with E-state index in [1.165, 1.54) is 6.07 Å². The largest absolute Gasteiger partial charge is 0.383 e. The van der Waals surface area contributed by atoms with Gasteiger partial charge < -0.3 is 16.8 Å². The summed E-state index contributed by atoms with van der Waals surface area (Å²) in [5.41, 5.74) is 11.0. The molecule has 0 aromatic carbocycles. The van der Waals surface area contributed by atoms with Crippen molar-refractivity contribution in [2.75, 3.05) is 23.8 Å². The van der Waals surface area contributed by atoms with Gasteiger partial charge in [-0.05, 0) is 11.8 Å². The van der Waals surface area contributed by atoms with Crippen molar-refractivity contribution in [3.05, 3.63) is 18.1 Å². The lowest BCUT2D eigenvalue weighted by atomic mass is 10.5. The zero-order chi connectivity index (χ0) is 13.1. The summed E-state index contributed by atoms with van der Waals surface area (Å²) in [4.78, 5) is 15.5. The first-order valence-corrected chi connectivity index (χ1v) is 5.68. The van der Waals surface area contributed by atoms with Gasteiger partial charge in [-0.3, -0.25) is 0 Å². The summed E-state index contributed by atoms with van der Waals surface area (Å²) in [6.45, 7) is 0. The van der Waals surface area contributed by atoms with Crippen molar-refractivity contribution >= 4 is 29.3 Å². The van der Waals surface area contributed by atoms with Crippen molar-refractivity contribution in [3.8, 4) is 0 Å². The molecule has 18 heavy (non-hydrogen) atoms. The second-order valence-electron chi connectivity index (χ2n) is 3.20. The number of anilines is 3. The Hall–Kier alpha value is -2.16. The molecule has 2 aromatic rings. The molecule has 94 valence electrons. The molecule has 0 aliphatic carbocycles. The molecule has 0 saturated heterocycles. The van der Waals surface area contributed by atoms with E-state index in [0.717, 1.165) is 18.0 Å². The van der Waals surface area contributed by atoms with Crippen molar-refractivity contribution < 1.29 is 4.39 Å². The van der Waals surface area contributed by atoms with Gasteiger partial charge in [0.25, 0.3) is 0 Å². The zero-order valence-electron chi connectivity index (χ0n) is 9.38. The predicted octanol–water partition coefficient (Wildman–Crippen LogP) is 0.763. The average Bonchev–Trinajstić information content (AvgIpc) is 2.30. The zero-order valence-corrected chi connectivity index (χ0v) is 10.2. The number of nitrogens with zero attached hydrogens (tertiary/aromatic N) is 4. The molecule has 0 aliphatic heterocycles. The minimum absolute atomic E-state index is 0.0966. The Bertz CT molecular complexity index is 557. The molecule has 9 heteroatoms. The van der Waals surface area contributed by atoms with Crippen LogP contribution in [0, 0.1) is 5.82 Å². The molecule has 2 rings (SSSR count). The fourth-order valence-corrected chi connectivity index (χ4v) is 1.89. The Morgan fingerprint density at radius 2 is 1.89 bits per heavy atom. The number of rotatable bonds is 3. The molecule has 0 atom stereocenters. The first kappa shape index (κ1) is 12.3. The van der Waals surface area contributed by atoms with Crippen LogP contribution in [0.15, 0.2) is 22.4 Å². The summed E-state index contributed by atoms with van der Waals surface area (Å²) in [5, 5.41) is 3.04. The van der Waals surface area contributed by atoms with Gasteiger partial charge in [-0.25, -0.2) is 24.3 Å². The van der Waals surface area contributed by atoms with E-state index in [-0.39, 0.29) is 21.8 Å². The number of nitrogen functional groups attached to an aromatic ring is 2. The van der Waals surface area contributed by atoms with Crippen molar-refractivity contribution in [2.45, 2.75) is 10.2 Å². The third-order valence-corrected chi connectivity index (χ3v) is 2.71. The Morgan fingerprint density at radius 3 is 2.50 bits per heavy atom. The second kappa shape index (κ2) is 5.00. The lowest BCUT2D eigenvalue weighted by Crippen LogP contribution is -2.01. The van der Waals surface area contributed by atoms with Gasteiger partial charge in [0.15, 0.2) is 11.0 Å². The molecule has 0 bridgehead atoms. The molecule has 0 amide bonds. The van der Waals surface area contributed by atoms with E-state index in [4.69, 9.17) is 11.5 Å². The summed E-state index contributed by atoms with van der Waals surface area (Å²) < 4.78 is 13.5. The first-order valence-electron chi connectivity index (χ1n) is 4.86. The van der Waals surface area contributed by atoms with E-state index >= 15 is 0 Å². The van der Waals surface area contributed by atoms with E-state index in [0.29, 0.717) is 5.95 Å². The summed E-state index contributed by atoms with van der Waals surface area (Å²) in [6.07, 6.45) is 1.07. The number of hydrogen-bond acceptors (Lipinski definition) is 8. The van der Waals surface area contributed by atoms with Crippen LogP contribution in [0.25, 0.3) is 0 Å². The average molecular weight is 267 g/mol. The standard InChI is InChI=1S/C9H10FN7S/c1-13-8-14-3-4(10)7(17-8)18-9-15-5(11)2-6(12)16-9/h2-3H,1H3,(H,13,14,17)(H4,11,12,15,16). The number of aromatic nitrogens is 4. The third kappa shape index (κ3) is 2.74. The lowest BCUT2D eigenvalue weighted by Gasteiger charge is -2.04. The van der Waals surface area contributed by atoms with Crippen LogP contribution in [0.2, 0.25) is 0 Å². The normalized spacial score (nSPS) is 10.3. The third-order valence-electron chi connectivity index (χ3n) is 1.87. The van der Waals surface area contributed by atoms with Gasteiger partial charge in [-0.2, -0.15) is 0 Å². The molecule has 0 saturated carbocycles. The number of halogens is 1. The van der Waals surface area contributed by atoms with Gasteiger partial charge in [-0.1, -0.05) is 0 Å². The minimum Gasteiger partial charge on any atom is -0.383 e. The molecule has 0 unspecified atom stereocenters. The van der Waals surface area contributed by atoms with Crippen molar-refractivity contribution in [1.29, 1.82) is 0 Å². The molecule has 0 aliphatic rings. The van der Waals surface area contributed by atoms with Crippen LogP contribution >= 0.6 is 11.8 Å². The van der Waals surface area contributed by atoms with Gasteiger partial charge in [-0.15, -0.1) is 0 Å². The Morgan fingerprint density at radius 1 is 1.22 bits per heavy atom. The highest BCUT2D eigenvalue weighted by molar-refractivity contribution is 7.99. The Kier molecular flexibility index (Phi) is 3.42. The number of nitrogens with one attached hydrogen (secondary N) is 1. The summed E-state index contributed by atoms with van der Waals surface area (Å²) in [5.74, 6) is 0.168. The highest BCUT2D eigenvalue weighted by Crippen LogP contribution is 2.26. The highest BCUT2D eigenvalue weighted by Gasteiger charge is 2.11. The summed E-state index contributed by atoms with van der Waals surface area (Å²) in [7, 11) is 1.64. The smallest absolute Gasteiger partial charge is 0.223 e. The monoisotopic (exact) mass is 267 g/mol. The van der Waals surface area contributed by atoms with E-state index in [1.807, 2.05) is 0 Å². The fraction of sp³-hybridized carbons (Fsp3) is 0.111. The molecular formula is C9H10FN7S. The predicted molar refractivity (Wildman–Crippen MR) is 66.5 cm³/mol. The van der Waals surface area contributed by atoms with E-state index in [9.17, 15) is 4.39 Å². The number of hydrogen-bond donors (Lipinski definition) is 3. The summed E-state index contributed by atoms with van der Waals surface area (Å²) in [6, 6.07) is 1.42. The van der Waals surface area contributed by atoms with Crippen LogP contribution in [0.1, 0.15) is 0 Å². The van der Waals surface area contributed by atoms with Gasteiger partial charge in [0.05, 0.1) is 6.20 Å². The van der Waals surface area contributed by atoms with E-state index < -0.39 is 5.82 Å². The maximum Gasteiger partial charge on any atom is 0.223 e. The van der Waals surface area contributed by atoms with Crippen LogP contribution < -0.4 is 16.8 Å². The van der Waals surface area contributed by atoms with Crippen LogP contribution in [0.4, 0.5) is 22.0 Å². The SMILES string of the molecule is CNc1ncc(F)c(Sc2nc(N)cc(N)n2)n1. The maximum atomic E-state index is 13.5. The van der Waals surface area contributed by atoms with Crippen molar-refractivity contribution in [2.24, 2.45) is 0 Å². The molecule has 2 aromatic heterocycles. The number of nitrogens with two attached hydrogens (primary N) is 2. The first-order chi connectivity index (χ1) is 8.58. The molecule has 0 radical (unpaired) electrons. The van der Waals surface area contributed by atoms with Crippen molar-refractivity contribution in [1.82, 2.24) is 19.9 Å². The van der Waals surface area contributed by atoms with Crippen LogP contribution in [-0.4, -0.2) is 27.0 Å². The fourth-order valence-electron chi connectivity index (χ4n) is 1.14. The second-order valence-corrected chi connectivity index (χ2v) is 4.15.